The molecule has 0 aromatic heterocycles. The molecule has 2 amide bonds. The molecule has 1 saturated heterocycles. The largest absolute Gasteiger partial charge is 0.366 e. The van der Waals surface area contributed by atoms with E-state index in [1.807, 2.05) is 78.6 Å². The fourth-order valence-electron chi connectivity index (χ4n) is 3.89. The van der Waals surface area contributed by atoms with Crippen molar-refractivity contribution in [1.82, 2.24) is 4.90 Å². The molecule has 0 bridgehead atoms. The van der Waals surface area contributed by atoms with E-state index in [0.29, 0.717) is 25.1 Å². The second kappa shape index (κ2) is 8.35. The van der Waals surface area contributed by atoms with E-state index in [2.05, 4.69) is 10.2 Å². The number of carbonyl (C=O) groups is 2. The topological polar surface area (TPSA) is 52.7 Å². The van der Waals surface area contributed by atoms with Crippen LogP contribution in [0.15, 0.2) is 66.7 Å². The molecule has 0 unspecified atom stereocenters. The average molecular weight is 387 g/mol. The molecule has 1 N–H and O–H groups in total. The van der Waals surface area contributed by atoms with Crippen LogP contribution in [-0.4, -0.2) is 42.9 Å². The number of nitrogens with zero attached hydrogens (tertiary/aromatic N) is 2. The first-order valence-corrected chi connectivity index (χ1v) is 10.1. The smallest absolute Gasteiger partial charge is 0.256 e. The van der Waals surface area contributed by atoms with Gasteiger partial charge < -0.3 is 15.1 Å². The molecule has 0 atom stereocenters. The quantitative estimate of drug-likeness (QED) is 0.732. The summed E-state index contributed by atoms with van der Waals surface area (Å²) in [6, 6.07) is 21.5. The van der Waals surface area contributed by atoms with Crippen LogP contribution < -0.4 is 10.2 Å². The molecule has 29 heavy (non-hydrogen) atoms. The van der Waals surface area contributed by atoms with Gasteiger partial charge in [0, 0.05) is 38.2 Å². The molecule has 1 heterocycles. The fraction of sp³-hybridized carbons (Fsp3) is 0.250. The number of benzene rings is 3. The molecule has 1 aliphatic rings. The van der Waals surface area contributed by atoms with Crippen LogP contribution in [0.4, 0.5) is 11.4 Å². The molecule has 3 aromatic rings. The Hall–Kier alpha value is -3.34. The minimum atomic E-state index is -0.117. The maximum Gasteiger partial charge on any atom is 0.256 e. The molecule has 1 aliphatic heterocycles. The normalized spacial score (nSPS) is 14.1. The first-order chi connectivity index (χ1) is 14.2. The predicted octanol–water partition coefficient (Wildman–Crippen LogP) is 4.15. The van der Waals surface area contributed by atoms with Gasteiger partial charge in [0.15, 0.2) is 0 Å². The molecule has 5 nitrogen and oxygen atoms in total. The Morgan fingerprint density at radius 1 is 0.862 bits per heavy atom. The van der Waals surface area contributed by atoms with Crippen LogP contribution in [0.25, 0.3) is 10.8 Å². The lowest BCUT2D eigenvalue weighted by atomic mass is 10.0. The van der Waals surface area contributed by atoms with E-state index in [-0.39, 0.29) is 11.8 Å². The van der Waals surface area contributed by atoms with E-state index in [9.17, 15) is 9.59 Å². The number of nitrogens with one attached hydrogen (secondary N) is 1. The Bertz CT molecular complexity index is 1030. The summed E-state index contributed by atoms with van der Waals surface area (Å²) in [5, 5.41) is 5.09. The summed E-state index contributed by atoms with van der Waals surface area (Å²) >= 11 is 0. The van der Waals surface area contributed by atoms with Crippen molar-refractivity contribution in [2.24, 2.45) is 0 Å². The summed E-state index contributed by atoms with van der Waals surface area (Å²) in [7, 11) is 0. The van der Waals surface area contributed by atoms with Crippen molar-refractivity contribution >= 4 is 34.0 Å². The Kier molecular flexibility index (Phi) is 5.47. The van der Waals surface area contributed by atoms with Crippen LogP contribution in [0.2, 0.25) is 0 Å². The van der Waals surface area contributed by atoms with Crippen LogP contribution >= 0.6 is 0 Å². The van der Waals surface area contributed by atoms with Crippen molar-refractivity contribution in [3.8, 4) is 0 Å². The summed E-state index contributed by atoms with van der Waals surface area (Å²) < 4.78 is 0. The zero-order chi connectivity index (χ0) is 20.2. The van der Waals surface area contributed by atoms with E-state index < -0.39 is 0 Å². The zero-order valence-corrected chi connectivity index (χ0v) is 16.6. The van der Waals surface area contributed by atoms with E-state index in [4.69, 9.17) is 0 Å². The number of para-hydroxylation sites is 2. The highest BCUT2D eigenvalue weighted by Gasteiger charge is 2.22. The third-order valence-electron chi connectivity index (χ3n) is 5.46. The first kappa shape index (κ1) is 19.0. The molecule has 5 heteroatoms. The molecule has 0 aliphatic carbocycles. The SMILES string of the molecule is CCC(=O)N1CCN(c2ccccc2NC(=O)c2cccc3ccccc23)CC1. The van der Waals surface area contributed by atoms with Crippen LogP contribution in [0.3, 0.4) is 0 Å². The van der Waals surface area contributed by atoms with Gasteiger partial charge in [-0.2, -0.15) is 0 Å². The highest BCUT2D eigenvalue weighted by Crippen LogP contribution is 2.28. The van der Waals surface area contributed by atoms with Crippen LogP contribution in [0, 0.1) is 0 Å². The minimum Gasteiger partial charge on any atom is -0.366 e. The number of piperazine rings is 1. The van der Waals surface area contributed by atoms with E-state index in [1.54, 1.807) is 0 Å². The summed E-state index contributed by atoms with van der Waals surface area (Å²) in [5.74, 6) is 0.0799. The van der Waals surface area contributed by atoms with Gasteiger partial charge in [-0.15, -0.1) is 0 Å². The van der Waals surface area contributed by atoms with Gasteiger partial charge in [-0.3, -0.25) is 9.59 Å². The van der Waals surface area contributed by atoms with Gasteiger partial charge in [-0.05, 0) is 29.0 Å². The van der Waals surface area contributed by atoms with Crippen molar-refractivity contribution in [1.29, 1.82) is 0 Å². The average Bonchev–Trinajstić information content (AvgIpc) is 2.78. The van der Waals surface area contributed by atoms with Crippen molar-refractivity contribution in [2.75, 3.05) is 36.4 Å². The van der Waals surface area contributed by atoms with Gasteiger partial charge in [-0.25, -0.2) is 0 Å². The van der Waals surface area contributed by atoms with Crippen LogP contribution in [0.1, 0.15) is 23.7 Å². The first-order valence-electron chi connectivity index (χ1n) is 10.1. The molecule has 0 radical (unpaired) electrons. The van der Waals surface area contributed by atoms with Gasteiger partial charge in [0.25, 0.3) is 5.91 Å². The van der Waals surface area contributed by atoms with E-state index in [0.717, 1.165) is 35.2 Å². The summed E-state index contributed by atoms with van der Waals surface area (Å²) in [6.07, 6.45) is 0.539. The molecule has 3 aromatic carbocycles. The Balaban J connectivity index is 1.55. The lowest BCUT2D eigenvalue weighted by molar-refractivity contribution is -0.131. The molecule has 148 valence electrons. The third-order valence-corrected chi connectivity index (χ3v) is 5.46. The predicted molar refractivity (Wildman–Crippen MR) is 117 cm³/mol. The van der Waals surface area contributed by atoms with Crippen molar-refractivity contribution in [3.05, 3.63) is 72.3 Å². The number of hydrogen-bond acceptors (Lipinski definition) is 3. The number of fused-ring (bicyclic) bond motifs is 1. The molecule has 1 fully saturated rings. The molecule has 0 saturated carbocycles. The third kappa shape index (κ3) is 3.94. The van der Waals surface area contributed by atoms with Gasteiger partial charge >= 0.3 is 0 Å². The maximum atomic E-state index is 13.1. The molecular weight excluding hydrogens is 362 g/mol. The fourth-order valence-corrected chi connectivity index (χ4v) is 3.89. The highest BCUT2D eigenvalue weighted by molar-refractivity contribution is 6.13. The molecular formula is C24H25N3O2. The van der Waals surface area contributed by atoms with E-state index in [1.165, 1.54) is 0 Å². The highest BCUT2D eigenvalue weighted by atomic mass is 16.2. The number of carbonyl (C=O) groups excluding carboxylic acids is 2. The monoisotopic (exact) mass is 387 g/mol. The lowest BCUT2D eigenvalue weighted by Gasteiger charge is -2.36. The van der Waals surface area contributed by atoms with Crippen molar-refractivity contribution < 1.29 is 9.59 Å². The van der Waals surface area contributed by atoms with Crippen molar-refractivity contribution in [3.63, 3.8) is 0 Å². The van der Waals surface area contributed by atoms with Gasteiger partial charge in [0.2, 0.25) is 5.91 Å². The van der Waals surface area contributed by atoms with Gasteiger partial charge in [-0.1, -0.05) is 55.5 Å². The summed E-state index contributed by atoms with van der Waals surface area (Å²) in [5.41, 5.74) is 2.45. The van der Waals surface area contributed by atoms with E-state index >= 15 is 0 Å². The zero-order valence-electron chi connectivity index (χ0n) is 16.6. The number of rotatable bonds is 4. The summed E-state index contributed by atoms with van der Waals surface area (Å²) in [4.78, 5) is 29.1. The standard InChI is InChI=1S/C24H25N3O2/c1-2-23(28)27-16-14-26(15-17-27)22-13-6-5-12-21(22)25-24(29)20-11-7-9-18-8-3-4-10-19(18)20/h3-13H,2,14-17H2,1H3,(H,25,29). The second-order valence-electron chi connectivity index (χ2n) is 7.22. The number of anilines is 2. The lowest BCUT2D eigenvalue weighted by Crippen LogP contribution is -2.48. The Morgan fingerprint density at radius 2 is 1.55 bits per heavy atom. The second-order valence-corrected chi connectivity index (χ2v) is 7.22. The molecule has 4 rings (SSSR count). The van der Waals surface area contributed by atoms with Crippen LogP contribution in [0.5, 0.6) is 0 Å². The number of amides is 2. The maximum absolute atomic E-state index is 13.1. The minimum absolute atomic E-state index is 0.117. The van der Waals surface area contributed by atoms with Gasteiger partial charge in [0.1, 0.15) is 0 Å². The van der Waals surface area contributed by atoms with Crippen molar-refractivity contribution in [2.45, 2.75) is 13.3 Å². The van der Waals surface area contributed by atoms with Crippen LogP contribution in [-0.2, 0) is 4.79 Å². The Labute approximate surface area is 170 Å². The number of hydrogen-bond donors (Lipinski definition) is 1. The van der Waals surface area contributed by atoms with Gasteiger partial charge in [0.05, 0.1) is 11.4 Å². The summed E-state index contributed by atoms with van der Waals surface area (Å²) in [6.45, 7) is 4.82. The Morgan fingerprint density at radius 3 is 2.34 bits per heavy atom. The molecule has 0 spiro atoms.